The van der Waals surface area contributed by atoms with E-state index in [0.29, 0.717) is 6.54 Å². The number of ether oxygens (including phenoxy) is 2. The molecule has 0 radical (unpaired) electrons. The minimum atomic E-state index is 0.0758. The molecule has 0 aliphatic heterocycles. The van der Waals surface area contributed by atoms with E-state index in [1.807, 2.05) is 12.1 Å². The second-order valence-electron chi connectivity index (χ2n) is 8.42. The second kappa shape index (κ2) is 10.0. The van der Waals surface area contributed by atoms with Crippen molar-refractivity contribution in [1.29, 1.82) is 0 Å². The zero-order valence-corrected chi connectivity index (χ0v) is 20.1. The van der Waals surface area contributed by atoms with Gasteiger partial charge < -0.3 is 25.1 Å². The number of aryl methyl sites for hydroxylation is 1. The van der Waals surface area contributed by atoms with Crippen LogP contribution in [0.25, 0.3) is 10.9 Å². The number of nitrogens with one attached hydrogen (secondary N) is 3. The molecule has 0 bridgehead atoms. The number of hydrogen-bond donors (Lipinski definition) is 3. The predicted octanol–water partition coefficient (Wildman–Crippen LogP) is 4.24. The number of aromatic nitrogens is 2. The number of guanidine groups is 1. The molecular formula is C23H33N5O2S. The van der Waals surface area contributed by atoms with Crippen LogP contribution in [0.1, 0.15) is 43.6 Å². The minimum absolute atomic E-state index is 0.0758. The van der Waals surface area contributed by atoms with Crippen LogP contribution in [0.2, 0.25) is 0 Å². The zero-order chi connectivity index (χ0) is 22.4. The molecule has 0 saturated heterocycles. The molecule has 3 aromatic rings. The van der Waals surface area contributed by atoms with Crippen LogP contribution in [0.5, 0.6) is 11.5 Å². The lowest BCUT2D eigenvalue weighted by Gasteiger charge is -2.14. The van der Waals surface area contributed by atoms with Crippen LogP contribution in [0.15, 0.2) is 28.6 Å². The molecule has 0 amide bonds. The summed E-state index contributed by atoms with van der Waals surface area (Å²) in [6, 6.07) is 6.05. The van der Waals surface area contributed by atoms with E-state index in [1.165, 1.54) is 5.69 Å². The van der Waals surface area contributed by atoms with Crippen molar-refractivity contribution in [1.82, 2.24) is 20.6 Å². The molecule has 2 aromatic heterocycles. The molecule has 0 unspecified atom stereocenters. The van der Waals surface area contributed by atoms with E-state index in [0.717, 1.165) is 58.4 Å². The molecule has 0 aliphatic carbocycles. The fourth-order valence-electron chi connectivity index (χ4n) is 3.26. The third kappa shape index (κ3) is 5.91. The summed E-state index contributed by atoms with van der Waals surface area (Å²) in [7, 11) is 5.13. The normalized spacial score (nSPS) is 12.3. The molecule has 0 saturated carbocycles. The Labute approximate surface area is 188 Å². The van der Waals surface area contributed by atoms with Gasteiger partial charge in [0.05, 0.1) is 32.0 Å². The Morgan fingerprint density at radius 1 is 1.16 bits per heavy atom. The van der Waals surface area contributed by atoms with Gasteiger partial charge in [0, 0.05) is 47.6 Å². The highest BCUT2D eigenvalue weighted by molar-refractivity contribution is 7.09. The van der Waals surface area contributed by atoms with E-state index in [9.17, 15) is 0 Å². The van der Waals surface area contributed by atoms with Gasteiger partial charge in [-0.05, 0) is 18.9 Å². The van der Waals surface area contributed by atoms with Crippen molar-refractivity contribution in [2.45, 2.75) is 45.6 Å². The summed E-state index contributed by atoms with van der Waals surface area (Å²) in [5, 5.41) is 11.0. The maximum atomic E-state index is 5.50. The lowest BCUT2D eigenvalue weighted by molar-refractivity contribution is 0.398. The third-order valence-electron chi connectivity index (χ3n) is 5.05. The van der Waals surface area contributed by atoms with Gasteiger partial charge in [-0.3, -0.25) is 4.99 Å². The predicted molar refractivity (Wildman–Crippen MR) is 129 cm³/mol. The van der Waals surface area contributed by atoms with E-state index in [-0.39, 0.29) is 5.41 Å². The molecule has 31 heavy (non-hydrogen) atoms. The van der Waals surface area contributed by atoms with Crippen molar-refractivity contribution < 1.29 is 9.47 Å². The van der Waals surface area contributed by atoms with E-state index >= 15 is 0 Å². The van der Waals surface area contributed by atoms with E-state index in [1.54, 1.807) is 32.6 Å². The number of aliphatic imine (C=N–C) groups is 1. The maximum Gasteiger partial charge on any atom is 0.191 e. The monoisotopic (exact) mass is 443 g/mol. The topological polar surface area (TPSA) is 83.6 Å². The van der Waals surface area contributed by atoms with E-state index in [4.69, 9.17) is 14.5 Å². The Morgan fingerprint density at radius 3 is 2.61 bits per heavy atom. The van der Waals surface area contributed by atoms with Crippen molar-refractivity contribution >= 4 is 28.2 Å². The van der Waals surface area contributed by atoms with Gasteiger partial charge in [0.2, 0.25) is 0 Å². The van der Waals surface area contributed by atoms with Gasteiger partial charge in [-0.2, -0.15) is 0 Å². The number of rotatable bonds is 8. The van der Waals surface area contributed by atoms with Crippen LogP contribution in [0, 0.1) is 0 Å². The summed E-state index contributed by atoms with van der Waals surface area (Å²) in [5.74, 6) is 2.39. The summed E-state index contributed by atoms with van der Waals surface area (Å²) in [6.07, 6.45) is 1.89. The van der Waals surface area contributed by atoms with Gasteiger partial charge >= 0.3 is 0 Å². The average Bonchev–Trinajstić information content (AvgIpc) is 3.39. The van der Waals surface area contributed by atoms with Gasteiger partial charge in [-0.15, -0.1) is 11.3 Å². The summed E-state index contributed by atoms with van der Waals surface area (Å²) in [4.78, 5) is 12.5. The van der Waals surface area contributed by atoms with Gasteiger partial charge in [-0.1, -0.05) is 20.8 Å². The summed E-state index contributed by atoms with van der Waals surface area (Å²) < 4.78 is 10.8. The fourth-order valence-corrected chi connectivity index (χ4v) is 4.22. The number of benzene rings is 1. The highest BCUT2D eigenvalue weighted by Crippen LogP contribution is 2.31. The van der Waals surface area contributed by atoms with Crippen LogP contribution in [-0.2, 0) is 18.4 Å². The van der Waals surface area contributed by atoms with Gasteiger partial charge in [-0.25, -0.2) is 4.98 Å². The van der Waals surface area contributed by atoms with Gasteiger partial charge in [0.1, 0.15) is 16.5 Å². The molecule has 3 rings (SSSR count). The van der Waals surface area contributed by atoms with Crippen molar-refractivity contribution in [2.75, 3.05) is 27.8 Å². The lowest BCUT2D eigenvalue weighted by atomic mass is 9.93. The molecule has 2 heterocycles. The van der Waals surface area contributed by atoms with E-state index < -0.39 is 0 Å². The van der Waals surface area contributed by atoms with Crippen LogP contribution in [-0.4, -0.2) is 43.7 Å². The quantitative estimate of drug-likeness (QED) is 0.276. The standard InChI is InChI=1S/C23H33N5O2S/c1-23(2,3)20-14-31-21(28-20)13-26-22(24-4)25-9-7-8-15-10-17-18(27-15)11-16(29-5)12-19(17)30-6/h10-12,14,27H,7-9,13H2,1-6H3,(H2,24,25,26). The molecule has 8 heteroatoms. The second-order valence-corrected chi connectivity index (χ2v) is 9.36. The molecule has 7 nitrogen and oxygen atoms in total. The first-order valence-electron chi connectivity index (χ1n) is 10.5. The summed E-state index contributed by atoms with van der Waals surface area (Å²) in [6.45, 7) is 8.03. The Bertz CT molecular complexity index is 1030. The molecule has 0 spiro atoms. The highest BCUT2D eigenvalue weighted by Gasteiger charge is 2.17. The van der Waals surface area contributed by atoms with Crippen molar-refractivity contribution in [3.8, 4) is 11.5 Å². The van der Waals surface area contributed by atoms with E-state index in [2.05, 4.69) is 52.8 Å². The maximum absolute atomic E-state index is 5.50. The van der Waals surface area contributed by atoms with Crippen LogP contribution < -0.4 is 20.1 Å². The molecule has 1 aromatic carbocycles. The molecule has 0 atom stereocenters. The molecule has 0 aliphatic rings. The van der Waals surface area contributed by atoms with Crippen LogP contribution >= 0.6 is 11.3 Å². The Balaban J connectivity index is 1.48. The number of aromatic amines is 1. The fraction of sp³-hybridized carbons (Fsp3) is 0.478. The number of methoxy groups -OCH3 is 2. The van der Waals surface area contributed by atoms with Crippen molar-refractivity contribution in [3.63, 3.8) is 0 Å². The van der Waals surface area contributed by atoms with Gasteiger partial charge in [0.25, 0.3) is 0 Å². The molecule has 3 N–H and O–H groups in total. The first kappa shape index (κ1) is 22.9. The Kier molecular flexibility index (Phi) is 7.43. The van der Waals surface area contributed by atoms with Gasteiger partial charge in [0.15, 0.2) is 5.96 Å². The summed E-state index contributed by atoms with van der Waals surface area (Å²) in [5.41, 5.74) is 3.40. The SMILES string of the molecule is CN=C(NCCCc1cc2c(OC)cc(OC)cc2[nH]1)NCc1nc(C(C)(C)C)cs1. The number of thiazole rings is 1. The summed E-state index contributed by atoms with van der Waals surface area (Å²) >= 11 is 1.68. The number of nitrogens with zero attached hydrogens (tertiary/aromatic N) is 2. The number of hydrogen-bond acceptors (Lipinski definition) is 5. The first-order valence-corrected chi connectivity index (χ1v) is 11.3. The van der Waals surface area contributed by atoms with Crippen LogP contribution in [0.4, 0.5) is 0 Å². The van der Waals surface area contributed by atoms with Crippen molar-refractivity contribution in [3.05, 3.63) is 40.0 Å². The number of H-pyrrole nitrogens is 1. The first-order chi connectivity index (χ1) is 14.8. The third-order valence-corrected chi connectivity index (χ3v) is 5.90. The molecular weight excluding hydrogens is 410 g/mol. The lowest BCUT2D eigenvalue weighted by Crippen LogP contribution is -2.37. The average molecular weight is 444 g/mol. The van der Waals surface area contributed by atoms with Crippen molar-refractivity contribution in [2.24, 2.45) is 4.99 Å². The molecule has 168 valence electrons. The largest absolute Gasteiger partial charge is 0.497 e. The Hall–Kier alpha value is -2.74. The highest BCUT2D eigenvalue weighted by atomic mass is 32.1. The zero-order valence-electron chi connectivity index (χ0n) is 19.3. The smallest absolute Gasteiger partial charge is 0.191 e. The minimum Gasteiger partial charge on any atom is -0.497 e. The Morgan fingerprint density at radius 2 is 1.97 bits per heavy atom. The molecule has 0 fully saturated rings. The number of fused-ring (bicyclic) bond motifs is 1. The van der Waals surface area contributed by atoms with Crippen LogP contribution in [0.3, 0.4) is 0 Å².